The third-order valence-corrected chi connectivity index (χ3v) is 5.77. The van der Waals surface area contributed by atoms with Gasteiger partial charge in [-0.1, -0.05) is 55.7 Å². The molecule has 0 unspecified atom stereocenters. The van der Waals surface area contributed by atoms with Gasteiger partial charge in [-0.25, -0.2) is 0 Å². The molecule has 0 heterocycles. The first-order valence-corrected chi connectivity index (χ1v) is 9.74. The zero-order valence-corrected chi connectivity index (χ0v) is 15.7. The predicted molar refractivity (Wildman–Crippen MR) is 112 cm³/mol. The molecule has 4 rings (SSSR count). The lowest BCUT2D eigenvalue weighted by molar-refractivity contribution is 0.387. The van der Waals surface area contributed by atoms with Gasteiger partial charge in [0.2, 0.25) is 0 Å². The fourth-order valence-electron chi connectivity index (χ4n) is 4.25. The van der Waals surface area contributed by atoms with Crippen LogP contribution in [-0.4, -0.2) is 24.3 Å². The standard InChI is InChI=1S/C23H25BO3/c1-27-23-12-10-20(15-22(23)16-5-3-2-4-6-16)17-7-8-19-14-21(24(25)26)11-9-18(19)13-17/h7-16,25-26H,2-6H2,1H3. The van der Waals surface area contributed by atoms with Crippen LogP contribution in [-0.2, 0) is 0 Å². The summed E-state index contributed by atoms with van der Waals surface area (Å²) in [5.41, 5.74) is 4.21. The van der Waals surface area contributed by atoms with Crippen molar-refractivity contribution in [2.45, 2.75) is 38.0 Å². The van der Waals surface area contributed by atoms with Gasteiger partial charge in [0.1, 0.15) is 5.75 Å². The molecule has 0 aliphatic heterocycles. The maximum Gasteiger partial charge on any atom is 0.488 e. The number of rotatable bonds is 4. The SMILES string of the molecule is COc1ccc(-c2ccc3cc(B(O)O)ccc3c2)cc1C1CCCCC1. The topological polar surface area (TPSA) is 49.7 Å². The average Bonchev–Trinajstić information content (AvgIpc) is 2.73. The number of ether oxygens (including phenoxy) is 1. The second kappa shape index (κ2) is 7.75. The molecule has 3 nitrogen and oxygen atoms in total. The number of hydrogen-bond donors (Lipinski definition) is 2. The summed E-state index contributed by atoms with van der Waals surface area (Å²) in [6.07, 6.45) is 6.42. The van der Waals surface area contributed by atoms with Gasteiger partial charge in [0.25, 0.3) is 0 Å². The molecular formula is C23H25BO3. The van der Waals surface area contributed by atoms with E-state index in [0.717, 1.165) is 16.5 Å². The van der Waals surface area contributed by atoms with Gasteiger partial charge in [0.05, 0.1) is 7.11 Å². The summed E-state index contributed by atoms with van der Waals surface area (Å²) >= 11 is 0. The molecule has 0 saturated heterocycles. The lowest BCUT2D eigenvalue weighted by Crippen LogP contribution is -2.29. The van der Waals surface area contributed by atoms with Crippen molar-refractivity contribution in [3.05, 3.63) is 60.2 Å². The van der Waals surface area contributed by atoms with Crippen molar-refractivity contribution in [3.8, 4) is 16.9 Å². The number of hydrogen-bond acceptors (Lipinski definition) is 3. The van der Waals surface area contributed by atoms with Gasteiger partial charge < -0.3 is 14.8 Å². The Morgan fingerprint density at radius 3 is 2.22 bits per heavy atom. The summed E-state index contributed by atoms with van der Waals surface area (Å²) < 4.78 is 5.65. The van der Waals surface area contributed by atoms with E-state index in [-0.39, 0.29) is 0 Å². The zero-order chi connectivity index (χ0) is 18.8. The Labute approximate surface area is 160 Å². The molecule has 1 saturated carbocycles. The Hall–Kier alpha value is -2.30. The van der Waals surface area contributed by atoms with E-state index < -0.39 is 7.12 Å². The van der Waals surface area contributed by atoms with Gasteiger partial charge in [0, 0.05) is 0 Å². The molecule has 2 N–H and O–H groups in total. The molecule has 0 aromatic heterocycles. The quantitative estimate of drug-likeness (QED) is 0.684. The molecule has 4 heteroatoms. The van der Waals surface area contributed by atoms with Crippen LogP contribution >= 0.6 is 0 Å². The fourth-order valence-corrected chi connectivity index (χ4v) is 4.25. The van der Waals surface area contributed by atoms with Gasteiger partial charge in [-0.05, 0) is 69.9 Å². The molecule has 1 fully saturated rings. The van der Waals surface area contributed by atoms with E-state index in [4.69, 9.17) is 4.74 Å². The average molecular weight is 360 g/mol. The minimum atomic E-state index is -1.44. The second-order valence-corrected chi connectivity index (χ2v) is 7.49. The van der Waals surface area contributed by atoms with Crippen molar-refractivity contribution in [3.63, 3.8) is 0 Å². The largest absolute Gasteiger partial charge is 0.496 e. The highest BCUT2D eigenvalue weighted by Crippen LogP contribution is 2.39. The zero-order valence-electron chi connectivity index (χ0n) is 15.7. The van der Waals surface area contributed by atoms with Crippen LogP contribution in [0.15, 0.2) is 54.6 Å². The van der Waals surface area contributed by atoms with E-state index in [2.05, 4.69) is 30.3 Å². The van der Waals surface area contributed by atoms with Crippen molar-refractivity contribution in [2.24, 2.45) is 0 Å². The second-order valence-electron chi connectivity index (χ2n) is 7.49. The molecule has 138 valence electrons. The van der Waals surface area contributed by atoms with Gasteiger partial charge >= 0.3 is 7.12 Å². The summed E-state index contributed by atoms with van der Waals surface area (Å²) in [5, 5.41) is 20.8. The summed E-state index contributed by atoms with van der Waals surface area (Å²) in [7, 11) is 0.318. The number of methoxy groups -OCH3 is 1. The summed E-state index contributed by atoms with van der Waals surface area (Å²) in [4.78, 5) is 0. The highest BCUT2D eigenvalue weighted by atomic mass is 16.5. The molecule has 0 radical (unpaired) electrons. The Kier molecular flexibility index (Phi) is 5.19. The molecule has 0 amide bonds. The van der Waals surface area contributed by atoms with E-state index in [0.29, 0.717) is 11.4 Å². The first kappa shape index (κ1) is 18.1. The van der Waals surface area contributed by atoms with Crippen LogP contribution in [0.1, 0.15) is 43.6 Å². The van der Waals surface area contributed by atoms with Crippen molar-refractivity contribution in [2.75, 3.05) is 7.11 Å². The first-order chi connectivity index (χ1) is 13.2. The smallest absolute Gasteiger partial charge is 0.488 e. The van der Waals surface area contributed by atoms with Crippen molar-refractivity contribution in [1.29, 1.82) is 0 Å². The van der Waals surface area contributed by atoms with Crippen LogP contribution in [0.2, 0.25) is 0 Å². The molecule has 0 atom stereocenters. The first-order valence-electron chi connectivity index (χ1n) is 9.74. The van der Waals surface area contributed by atoms with Crippen LogP contribution in [0.4, 0.5) is 0 Å². The molecular weight excluding hydrogens is 335 g/mol. The Morgan fingerprint density at radius 2 is 1.48 bits per heavy atom. The molecule has 27 heavy (non-hydrogen) atoms. The van der Waals surface area contributed by atoms with Crippen molar-refractivity contribution >= 4 is 23.4 Å². The highest BCUT2D eigenvalue weighted by molar-refractivity contribution is 6.58. The highest BCUT2D eigenvalue weighted by Gasteiger charge is 2.20. The number of benzene rings is 3. The molecule has 3 aromatic carbocycles. The van der Waals surface area contributed by atoms with Crippen LogP contribution in [0.25, 0.3) is 21.9 Å². The lowest BCUT2D eigenvalue weighted by atomic mass is 9.79. The van der Waals surface area contributed by atoms with E-state index in [1.54, 1.807) is 13.2 Å². The van der Waals surface area contributed by atoms with E-state index in [1.807, 2.05) is 18.2 Å². The van der Waals surface area contributed by atoms with Crippen LogP contribution in [0.3, 0.4) is 0 Å². The monoisotopic (exact) mass is 360 g/mol. The summed E-state index contributed by atoms with van der Waals surface area (Å²) in [6.45, 7) is 0. The summed E-state index contributed by atoms with van der Waals surface area (Å²) in [6, 6.07) is 18.3. The Morgan fingerprint density at radius 1 is 0.815 bits per heavy atom. The maximum atomic E-state index is 9.36. The predicted octanol–water partition coefficient (Wildman–Crippen LogP) is 4.24. The normalized spacial score (nSPS) is 15.1. The molecule has 3 aromatic rings. The van der Waals surface area contributed by atoms with Crippen LogP contribution in [0, 0.1) is 0 Å². The van der Waals surface area contributed by atoms with Gasteiger partial charge in [-0.3, -0.25) is 0 Å². The van der Waals surface area contributed by atoms with Crippen molar-refractivity contribution < 1.29 is 14.8 Å². The van der Waals surface area contributed by atoms with Crippen LogP contribution < -0.4 is 10.2 Å². The minimum Gasteiger partial charge on any atom is -0.496 e. The van der Waals surface area contributed by atoms with Gasteiger partial charge in [-0.2, -0.15) is 0 Å². The molecule has 0 bridgehead atoms. The number of fused-ring (bicyclic) bond motifs is 1. The van der Waals surface area contributed by atoms with E-state index in [1.165, 1.54) is 48.8 Å². The lowest BCUT2D eigenvalue weighted by Gasteiger charge is -2.24. The Balaban J connectivity index is 1.72. The minimum absolute atomic E-state index is 0.513. The molecule has 1 aliphatic rings. The third-order valence-electron chi connectivity index (χ3n) is 5.77. The van der Waals surface area contributed by atoms with Gasteiger partial charge in [-0.15, -0.1) is 0 Å². The van der Waals surface area contributed by atoms with Crippen LogP contribution in [0.5, 0.6) is 5.75 Å². The van der Waals surface area contributed by atoms with E-state index >= 15 is 0 Å². The molecule has 1 aliphatic carbocycles. The summed E-state index contributed by atoms with van der Waals surface area (Å²) in [5.74, 6) is 1.58. The maximum absolute atomic E-state index is 9.36. The van der Waals surface area contributed by atoms with Crippen molar-refractivity contribution in [1.82, 2.24) is 0 Å². The molecule has 0 spiro atoms. The third kappa shape index (κ3) is 3.73. The van der Waals surface area contributed by atoms with E-state index in [9.17, 15) is 10.0 Å². The fraction of sp³-hybridized carbons (Fsp3) is 0.304. The van der Waals surface area contributed by atoms with Gasteiger partial charge in [0.15, 0.2) is 0 Å². The Bertz CT molecular complexity index is 946.